The van der Waals surface area contributed by atoms with E-state index in [1.807, 2.05) is 54.7 Å². The first-order valence-electron chi connectivity index (χ1n) is 10.3. The van der Waals surface area contributed by atoms with E-state index in [0.29, 0.717) is 34.8 Å². The lowest BCUT2D eigenvalue weighted by molar-refractivity contribution is -0.132. The van der Waals surface area contributed by atoms with E-state index in [9.17, 15) is 9.90 Å². The minimum atomic E-state index is -1.77. The molecule has 0 fully saturated rings. The van der Waals surface area contributed by atoms with Crippen LogP contribution in [0.1, 0.15) is 22.4 Å². The third-order valence-corrected chi connectivity index (χ3v) is 5.74. The summed E-state index contributed by atoms with van der Waals surface area (Å²) in [5.74, 6) is 0.240. The molecule has 0 unspecified atom stereocenters. The van der Waals surface area contributed by atoms with Crippen LogP contribution < -0.4 is 9.64 Å². The zero-order chi connectivity index (χ0) is 22.1. The average molecular weight is 426 g/mol. The standard InChI is InChI=1S/C25H22N4O3/c1-32-21-13-11-19(12-14-21)25(31)22-9-5-6-10-23(22)29(24(25)30)17-20-16-28(27-26-20)15-18-7-3-2-4-8-18/h2-14,16,31H,15,17H2,1H3/t25-/m0/s1. The van der Waals surface area contributed by atoms with E-state index in [2.05, 4.69) is 10.3 Å². The van der Waals surface area contributed by atoms with E-state index in [1.165, 1.54) is 0 Å². The summed E-state index contributed by atoms with van der Waals surface area (Å²) in [5.41, 5.74) is 1.68. The van der Waals surface area contributed by atoms with Crippen LogP contribution in [-0.4, -0.2) is 33.1 Å². The molecule has 160 valence electrons. The Balaban J connectivity index is 1.45. The highest BCUT2D eigenvalue weighted by atomic mass is 16.5. The average Bonchev–Trinajstić information content (AvgIpc) is 3.37. The Labute approximate surface area is 185 Å². The molecular weight excluding hydrogens is 404 g/mol. The summed E-state index contributed by atoms with van der Waals surface area (Å²) in [7, 11) is 1.58. The topological polar surface area (TPSA) is 80.5 Å². The zero-order valence-corrected chi connectivity index (χ0v) is 17.5. The molecule has 0 spiro atoms. The molecule has 32 heavy (non-hydrogen) atoms. The smallest absolute Gasteiger partial charge is 0.268 e. The van der Waals surface area contributed by atoms with Crippen LogP contribution in [0, 0.1) is 0 Å². The Kier molecular flexibility index (Phi) is 4.95. The van der Waals surface area contributed by atoms with Gasteiger partial charge in [-0.1, -0.05) is 65.9 Å². The quantitative estimate of drug-likeness (QED) is 0.512. The van der Waals surface area contributed by atoms with Crippen molar-refractivity contribution in [2.75, 3.05) is 12.0 Å². The molecule has 4 aromatic rings. The van der Waals surface area contributed by atoms with Crippen LogP contribution >= 0.6 is 0 Å². The fourth-order valence-electron chi connectivity index (χ4n) is 4.12. The number of benzene rings is 3. The number of carbonyl (C=O) groups is 1. The van der Waals surface area contributed by atoms with E-state index < -0.39 is 11.5 Å². The van der Waals surface area contributed by atoms with E-state index >= 15 is 0 Å². The van der Waals surface area contributed by atoms with Crippen molar-refractivity contribution in [2.24, 2.45) is 0 Å². The molecule has 0 saturated carbocycles. The molecule has 5 rings (SSSR count). The molecule has 2 heterocycles. The number of methoxy groups -OCH3 is 1. The first-order chi connectivity index (χ1) is 15.6. The lowest BCUT2D eigenvalue weighted by atomic mass is 9.87. The van der Waals surface area contributed by atoms with E-state index in [1.54, 1.807) is 47.0 Å². The molecule has 1 amide bonds. The Morgan fingerprint density at radius 2 is 1.66 bits per heavy atom. The predicted molar refractivity (Wildman–Crippen MR) is 119 cm³/mol. The summed E-state index contributed by atoms with van der Waals surface area (Å²) in [6.07, 6.45) is 1.83. The highest BCUT2D eigenvalue weighted by molar-refractivity contribution is 6.08. The lowest BCUT2D eigenvalue weighted by Crippen LogP contribution is -2.40. The van der Waals surface area contributed by atoms with Gasteiger partial charge in [-0.3, -0.25) is 4.79 Å². The maximum absolute atomic E-state index is 13.5. The Hall–Kier alpha value is -3.97. The molecule has 7 nitrogen and oxygen atoms in total. The van der Waals surface area contributed by atoms with Crippen molar-refractivity contribution in [3.05, 3.63) is 107 Å². The van der Waals surface area contributed by atoms with E-state index in [0.717, 1.165) is 5.56 Å². The number of aromatic nitrogens is 3. The number of ether oxygens (including phenoxy) is 1. The predicted octanol–water partition coefficient (Wildman–Crippen LogP) is 3.12. The molecular formula is C25H22N4O3. The number of aliphatic hydroxyl groups is 1. The van der Waals surface area contributed by atoms with Crippen molar-refractivity contribution in [2.45, 2.75) is 18.7 Å². The van der Waals surface area contributed by atoms with Crippen molar-refractivity contribution < 1.29 is 14.6 Å². The molecule has 0 bridgehead atoms. The fourth-order valence-corrected chi connectivity index (χ4v) is 4.12. The van der Waals surface area contributed by atoms with Crippen molar-refractivity contribution >= 4 is 11.6 Å². The second-order valence-corrected chi connectivity index (χ2v) is 7.74. The van der Waals surface area contributed by atoms with E-state index in [4.69, 9.17) is 4.74 Å². The van der Waals surface area contributed by atoms with Gasteiger partial charge < -0.3 is 14.7 Å². The second-order valence-electron chi connectivity index (χ2n) is 7.74. The van der Waals surface area contributed by atoms with E-state index in [-0.39, 0.29) is 6.54 Å². The highest BCUT2D eigenvalue weighted by Gasteiger charge is 2.51. The van der Waals surface area contributed by atoms with Crippen molar-refractivity contribution in [1.82, 2.24) is 15.0 Å². The van der Waals surface area contributed by atoms with Crippen LogP contribution in [-0.2, 0) is 23.5 Å². The normalized spacial score (nSPS) is 17.4. The molecule has 3 aromatic carbocycles. The number of carbonyl (C=O) groups excluding carboxylic acids is 1. The molecule has 0 saturated heterocycles. The number of nitrogens with zero attached hydrogens (tertiary/aromatic N) is 4. The number of fused-ring (bicyclic) bond motifs is 1. The number of hydrogen-bond acceptors (Lipinski definition) is 5. The van der Waals surface area contributed by atoms with Gasteiger partial charge in [0.2, 0.25) is 0 Å². The molecule has 1 aromatic heterocycles. The van der Waals surface area contributed by atoms with Crippen LogP contribution in [0.25, 0.3) is 0 Å². The molecule has 7 heteroatoms. The molecule has 1 atom stereocenters. The Morgan fingerprint density at radius 1 is 0.938 bits per heavy atom. The monoisotopic (exact) mass is 426 g/mol. The zero-order valence-electron chi connectivity index (χ0n) is 17.5. The third kappa shape index (κ3) is 3.33. The maximum atomic E-state index is 13.5. The van der Waals surface area contributed by atoms with Crippen molar-refractivity contribution in [1.29, 1.82) is 0 Å². The summed E-state index contributed by atoms with van der Waals surface area (Å²) in [6.45, 7) is 0.803. The van der Waals surface area contributed by atoms with Gasteiger partial charge >= 0.3 is 0 Å². The SMILES string of the molecule is COc1ccc([C@@]2(O)C(=O)N(Cc3cn(Cc4ccccc4)nn3)c3ccccc32)cc1. The van der Waals surface area contributed by atoms with Crippen LogP contribution in [0.15, 0.2) is 85.1 Å². The molecule has 0 aliphatic carbocycles. The van der Waals surface area contributed by atoms with Crippen LogP contribution in [0.4, 0.5) is 5.69 Å². The summed E-state index contributed by atoms with van der Waals surface area (Å²) in [5, 5.41) is 20.1. The lowest BCUT2D eigenvalue weighted by Gasteiger charge is -2.23. The van der Waals surface area contributed by atoms with Crippen molar-refractivity contribution in [3.63, 3.8) is 0 Å². The largest absolute Gasteiger partial charge is 0.497 e. The summed E-state index contributed by atoms with van der Waals surface area (Å²) in [4.78, 5) is 15.1. The minimum absolute atomic E-state index is 0.211. The number of hydrogen-bond donors (Lipinski definition) is 1. The summed E-state index contributed by atoms with van der Waals surface area (Å²) < 4.78 is 6.95. The molecule has 1 aliphatic rings. The second kappa shape index (κ2) is 7.94. The first-order valence-corrected chi connectivity index (χ1v) is 10.3. The van der Waals surface area contributed by atoms with Gasteiger partial charge in [0.05, 0.1) is 32.1 Å². The number of anilines is 1. The first kappa shape index (κ1) is 20.0. The van der Waals surface area contributed by atoms with Gasteiger partial charge in [0, 0.05) is 5.56 Å². The van der Waals surface area contributed by atoms with Gasteiger partial charge in [-0.2, -0.15) is 0 Å². The van der Waals surface area contributed by atoms with Gasteiger partial charge in [0.15, 0.2) is 5.60 Å². The van der Waals surface area contributed by atoms with Crippen LogP contribution in [0.3, 0.4) is 0 Å². The third-order valence-electron chi connectivity index (χ3n) is 5.74. The number of amides is 1. The van der Waals surface area contributed by atoms with Gasteiger partial charge in [-0.25, -0.2) is 4.68 Å². The Bertz CT molecular complexity index is 1250. The number of para-hydroxylation sites is 1. The summed E-state index contributed by atoms with van der Waals surface area (Å²) in [6, 6.07) is 24.2. The molecule has 1 aliphatic heterocycles. The minimum Gasteiger partial charge on any atom is -0.497 e. The van der Waals surface area contributed by atoms with Gasteiger partial charge in [0.1, 0.15) is 11.4 Å². The maximum Gasteiger partial charge on any atom is 0.268 e. The molecule has 0 radical (unpaired) electrons. The van der Waals surface area contributed by atoms with Crippen molar-refractivity contribution in [3.8, 4) is 5.75 Å². The van der Waals surface area contributed by atoms with Crippen LogP contribution in [0.5, 0.6) is 5.75 Å². The van der Waals surface area contributed by atoms with Crippen LogP contribution in [0.2, 0.25) is 0 Å². The van der Waals surface area contributed by atoms with Gasteiger partial charge in [0.25, 0.3) is 5.91 Å². The molecule has 1 N–H and O–H groups in total. The summed E-state index contributed by atoms with van der Waals surface area (Å²) >= 11 is 0. The Morgan fingerprint density at radius 3 is 2.41 bits per heavy atom. The number of rotatable bonds is 6. The van der Waals surface area contributed by atoms with Gasteiger partial charge in [-0.15, -0.1) is 5.10 Å². The van der Waals surface area contributed by atoms with Gasteiger partial charge in [-0.05, 0) is 29.3 Å². The highest BCUT2D eigenvalue weighted by Crippen LogP contribution is 2.45. The fraction of sp³-hybridized carbons (Fsp3) is 0.160.